The molecule has 2 fully saturated rings. The molecule has 1 amide bonds. The summed E-state index contributed by atoms with van der Waals surface area (Å²) in [5.74, 6) is 1.92. The van der Waals surface area contributed by atoms with Crippen LogP contribution in [0.3, 0.4) is 0 Å². The van der Waals surface area contributed by atoms with Gasteiger partial charge in [-0.25, -0.2) is 0 Å². The Balaban J connectivity index is 1.12. The maximum Gasteiger partial charge on any atom is 0.254 e. The summed E-state index contributed by atoms with van der Waals surface area (Å²) >= 11 is 0. The van der Waals surface area contributed by atoms with Crippen LogP contribution >= 0.6 is 0 Å². The van der Waals surface area contributed by atoms with E-state index >= 15 is 0 Å². The number of fused-ring (bicyclic) bond motifs is 1. The van der Waals surface area contributed by atoms with Crippen LogP contribution in [0.1, 0.15) is 70.8 Å². The lowest BCUT2D eigenvalue weighted by Gasteiger charge is -2.44. The average molecular weight is 587 g/mol. The lowest BCUT2D eigenvalue weighted by Crippen LogP contribution is -2.50. The highest BCUT2D eigenvalue weighted by Crippen LogP contribution is 2.54. The topological polar surface area (TPSA) is 42.0 Å². The number of likely N-dealkylation sites (tertiary alicyclic amines) is 1. The Morgan fingerprint density at radius 1 is 0.750 bits per heavy atom. The molecule has 2 aliphatic heterocycles. The van der Waals surface area contributed by atoms with Crippen LogP contribution in [0.4, 0.5) is 0 Å². The third kappa shape index (κ3) is 6.39. The molecule has 226 valence electrons. The van der Waals surface area contributed by atoms with Crippen LogP contribution in [-0.2, 0) is 19.4 Å². The lowest BCUT2D eigenvalue weighted by atomic mass is 9.83. The van der Waals surface area contributed by atoms with Crippen LogP contribution in [0.25, 0.3) is 0 Å². The fraction of sp³-hybridized carbons (Fsp3) is 0.359. The number of amides is 1. The number of carbonyl (C=O) groups is 1. The molecule has 5 heteroatoms. The molecule has 1 unspecified atom stereocenters. The fourth-order valence-electron chi connectivity index (χ4n) is 7.06. The van der Waals surface area contributed by atoms with Crippen molar-refractivity contribution in [1.29, 1.82) is 0 Å². The van der Waals surface area contributed by atoms with Crippen LogP contribution in [0, 0.1) is 0 Å². The first-order valence-electron chi connectivity index (χ1n) is 16.3. The summed E-state index contributed by atoms with van der Waals surface area (Å²) in [5, 5.41) is 0. The predicted octanol–water partition coefficient (Wildman–Crippen LogP) is 7.65. The van der Waals surface area contributed by atoms with Crippen LogP contribution in [0.15, 0.2) is 103 Å². The summed E-state index contributed by atoms with van der Waals surface area (Å²) < 4.78 is 12.3. The molecule has 44 heavy (non-hydrogen) atoms. The standard InChI is InChI=1S/C39H42N2O3/c42-38(32-12-6-2-7-13-32)41-37(26-30-14-16-34(17-15-30)43-25-24-40-22-8-3-9-23-40)36-19-18-35(27-33(36)28-39(41)20-21-39)44-29-31-10-4-1-5-11-31/h1-2,4-7,10-19,27,37H,3,8-9,20-26,28-29H2. The van der Waals surface area contributed by atoms with Crippen molar-refractivity contribution in [1.82, 2.24) is 9.80 Å². The van der Waals surface area contributed by atoms with Gasteiger partial charge in [0.25, 0.3) is 5.91 Å². The van der Waals surface area contributed by atoms with Crippen LogP contribution in [-0.4, -0.2) is 47.5 Å². The smallest absolute Gasteiger partial charge is 0.254 e. The minimum Gasteiger partial charge on any atom is -0.492 e. The number of piperidine rings is 1. The minimum absolute atomic E-state index is 0.0528. The van der Waals surface area contributed by atoms with Gasteiger partial charge in [-0.15, -0.1) is 0 Å². The van der Waals surface area contributed by atoms with Crippen molar-refractivity contribution < 1.29 is 14.3 Å². The quantitative estimate of drug-likeness (QED) is 0.192. The minimum atomic E-state index is -0.139. The number of hydrogen-bond donors (Lipinski definition) is 0. The number of hydrogen-bond acceptors (Lipinski definition) is 4. The molecular weight excluding hydrogens is 544 g/mol. The molecular formula is C39H42N2O3. The van der Waals surface area contributed by atoms with Gasteiger partial charge >= 0.3 is 0 Å². The summed E-state index contributed by atoms with van der Waals surface area (Å²) in [7, 11) is 0. The van der Waals surface area contributed by atoms with Gasteiger partial charge in [-0.3, -0.25) is 9.69 Å². The second kappa shape index (κ2) is 12.9. The SMILES string of the molecule is O=C(c1ccccc1)N1C(Cc2ccc(OCCN3CCCCC3)cc2)c2ccc(OCc3ccccc3)cc2CC12CC2. The Labute approximate surface area is 261 Å². The molecule has 5 nitrogen and oxygen atoms in total. The second-order valence-electron chi connectivity index (χ2n) is 12.7. The highest BCUT2D eigenvalue weighted by atomic mass is 16.5. The van der Waals surface area contributed by atoms with Crippen molar-refractivity contribution in [2.75, 3.05) is 26.2 Å². The molecule has 1 atom stereocenters. The molecule has 1 saturated carbocycles. The number of benzene rings is 4. The van der Waals surface area contributed by atoms with E-state index in [0.717, 1.165) is 54.9 Å². The van der Waals surface area contributed by atoms with Crippen molar-refractivity contribution in [2.24, 2.45) is 0 Å². The van der Waals surface area contributed by atoms with Gasteiger partial charge in [0.15, 0.2) is 0 Å². The van der Waals surface area contributed by atoms with Crippen molar-refractivity contribution in [3.8, 4) is 11.5 Å². The zero-order chi connectivity index (χ0) is 29.8. The highest BCUT2D eigenvalue weighted by Gasteiger charge is 2.55. The number of ether oxygens (including phenoxy) is 2. The van der Waals surface area contributed by atoms with Crippen molar-refractivity contribution in [2.45, 2.75) is 63.1 Å². The monoisotopic (exact) mass is 586 g/mol. The molecule has 1 saturated heterocycles. The Kier molecular flexibility index (Phi) is 8.39. The van der Waals surface area contributed by atoms with Gasteiger partial charge in [0.1, 0.15) is 24.7 Å². The maximum absolute atomic E-state index is 14.2. The van der Waals surface area contributed by atoms with E-state index < -0.39 is 0 Å². The fourth-order valence-corrected chi connectivity index (χ4v) is 7.06. The first-order valence-corrected chi connectivity index (χ1v) is 16.3. The number of nitrogens with zero attached hydrogens (tertiary/aromatic N) is 2. The van der Waals surface area contributed by atoms with E-state index in [0.29, 0.717) is 13.2 Å². The van der Waals surface area contributed by atoms with E-state index in [2.05, 4.69) is 64.4 Å². The Bertz CT molecular complexity index is 1540. The van der Waals surface area contributed by atoms with Crippen molar-refractivity contribution in [3.63, 3.8) is 0 Å². The third-order valence-electron chi connectivity index (χ3n) is 9.61. The summed E-state index contributed by atoms with van der Waals surface area (Å²) in [6.45, 7) is 4.61. The number of carbonyl (C=O) groups excluding carboxylic acids is 1. The molecule has 1 aliphatic carbocycles. The zero-order valence-corrected chi connectivity index (χ0v) is 25.5. The molecule has 2 heterocycles. The van der Waals surface area contributed by atoms with Crippen LogP contribution < -0.4 is 9.47 Å². The first-order chi connectivity index (χ1) is 21.7. The average Bonchev–Trinajstić information content (AvgIpc) is 3.84. The van der Waals surface area contributed by atoms with E-state index in [4.69, 9.17) is 9.47 Å². The molecule has 3 aliphatic rings. The molecule has 0 N–H and O–H groups in total. The van der Waals surface area contributed by atoms with E-state index in [1.807, 2.05) is 48.5 Å². The molecule has 0 aromatic heterocycles. The maximum atomic E-state index is 14.2. The molecule has 7 rings (SSSR count). The van der Waals surface area contributed by atoms with Gasteiger partial charge in [0.05, 0.1) is 6.04 Å². The summed E-state index contributed by atoms with van der Waals surface area (Å²) in [6, 6.07) is 35.0. The molecule has 0 bridgehead atoms. The first kappa shape index (κ1) is 28.7. The van der Waals surface area contributed by atoms with Gasteiger partial charge in [0, 0.05) is 17.6 Å². The number of rotatable bonds is 10. The van der Waals surface area contributed by atoms with E-state index in [1.165, 1.54) is 49.0 Å². The Morgan fingerprint density at radius 3 is 2.18 bits per heavy atom. The highest BCUT2D eigenvalue weighted by molar-refractivity contribution is 5.95. The van der Waals surface area contributed by atoms with Gasteiger partial charge in [-0.05, 0) is 110 Å². The van der Waals surface area contributed by atoms with Gasteiger partial charge in [-0.2, -0.15) is 0 Å². The normalized spacial score (nSPS) is 18.9. The van der Waals surface area contributed by atoms with Crippen molar-refractivity contribution in [3.05, 3.63) is 131 Å². The van der Waals surface area contributed by atoms with Crippen molar-refractivity contribution >= 4 is 5.91 Å². The Hall–Kier alpha value is -4.09. The third-order valence-corrected chi connectivity index (χ3v) is 9.61. The molecule has 0 radical (unpaired) electrons. The Morgan fingerprint density at radius 2 is 1.45 bits per heavy atom. The van der Waals surface area contributed by atoms with Gasteiger partial charge in [0.2, 0.25) is 0 Å². The molecule has 1 spiro atoms. The largest absolute Gasteiger partial charge is 0.492 e. The molecule has 4 aromatic rings. The van der Waals surface area contributed by atoms with Gasteiger partial charge < -0.3 is 14.4 Å². The molecule has 4 aromatic carbocycles. The van der Waals surface area contributed by atoms with Crippen LogP contribution in [0.5, 0.6) is 11.5 Å². The van der Waals surface area contributed by atoms with E-state index in [1.54, 1.807) is 0 Å². The summed E-state index contributed by atoms with van der Waals surface area (Å²) in [4.78, 5) is 18.9. The zero-order valence-electron chi connectivity index (χ0n) is 25.5. The van der Waals surface area contributed by atoms with Crippen LogP contribution in [0.2, 0.25) is 0 Å². The summed E-state index contributed by atoms with van der Waals surface area (Å²) in [6.07, 6.45) is 7.62. The predicted molar refractivity (Wildman–Crippen MR) is 174 cm³/mol. The summed E-state index contributed by atoms with van der Waals surface area (Å²) in [5.41, 5.74) is 5.50. The lowest BCUT2D eigenvalue weighted by molar-refractivity contribution is 0.0486. The van der Waals surface area contributed by atoms with Gasteiger partial charge in [-0.1, -0.05) is 73.2 Å². The van der Waals surface area contributed by atoms with E-state index in [9.17, 15) is 4.79 Å². The second-order valence-corrected chi connectivity index (χ2v) is 12.7. The van der Waals surface area contributed by atoms with E-state index in [-0.39, 0.29) is 17.5 Å².